The van der Waals surface area contributed by atoms with Crippen LogP contribution >= 0.6 is 0 Å². The van der Waals surface area contributed by atoms with Crippen LogP contribution in [-0.4, -0.2) is 62.5 Å². The minimum atomic E-state index is -0.440. The number of carbonyl (C=O) groups is 1. The first kappa shape index (κ1) is 10.1. The van der Waals surface area contributed by atoms with E-state index in [-0.39, 0.29) is 51.4 Å². The summed E-state index contributed by atoms with van der Waals surface area (Å²) in [6.07, 6.45) is 0. The molecular formula is C2H6KNO2. The van der Waals surface area contributed by atoms with E-state index in [0.717, 1.165) is 0 Å². The summed E-state index contributed by atoms with van der Waals surface area (Å²) in [4.78, 5) is 9.45. The third-order valence-corrected chi connectivity index (χ3v) is 0.157. The van der Waals surface area contributed by atoms with Crippen LogP contribution in [0.5, 0.6) is 0 Å². The molecule has 0 saturated carbocycles. The molecule has 0 bridgehead atoms. The molecular weight excluding hydrogens is 109 g/mol. The Bertz CT molecular complexity index is 46.8. The predicted octanol–water partition coefficient (Wildman–Crippen LogP) is -1.14. The molecule has 6 heavy (non-hydrogen) atoms. The number of rotatable bonds is 0. The molecule has 2 N–H and O–H groups in total. The Morgan fingerprint density at radius 3 is 2.00 bits per heavy atom. The minimum absolute atomic E-state index is 0. The molecule has 0 spiro atoms. The van der Waals surface area contributed by atoms with Crippen LogP contribution in [0.15, 0.2) is 0 Å². The van der Waals surface area contributed by atoms with Gasteiger partial charge in [-0.05, 0) is 0 Å². The van der Waals surface area contributed by atoms with Crippen molar-refractivity contribution >= 4 is 57.3 Å². The topological polar surface area (TPSA) is 49.3 Å². The quantitative estimate of drug-likeness (QED) is 0.238. The van der Waals surface area contributed by atoms with Gasteiger partial charge >= 0.3 is 51.4 Å². The van der Waals surface area contributed by atoms with Crippen LogP contribution < -0.4 is 5.48 Å². The maximum atomic E-state index is 9.45. The summed E-state index contributed by atoms with van der Waals surface area (Å²) in [6, 6.07) is 0. The fourth-order valence-electron chi connectivity index (χ4n) is 0. The van der Waals surface area contributed by atoms with Crippen molar-refractivity contribution in [1.82, 2.24) is 5.48 Å². The summed E-state index contributed by atoms with van der Waals surface area (Å²) >= 11 is 0. The van der Waals surface area contributed by atoms with E-state index in [0.29, 0.717) is 0 Å². The number of carbonyl (C=O) groups excluding carboxylic acids is 1. The van der Waals surface area contributed by atoms with Gasteiger partial charge in [-0.3, -0.25) is 10.0 Å². The van der Waals surface area contributed by atoms with Crippen LogP contribution in [0, 0.1) is 0 Å². The number of hydroxylamine groups is 1. The molecule has 0 fully saturated rings. The normalized spacial score (nSPS) is 5.67. The molecule has 3 nitrogen and oxygen atoms in total. The molecule has 0 aliphatic carbocycles. The monoisotopic (exact) mass is 115 g/mol. The molecule has 0 unspecified atom stereocenters. The van der Waals surface area contributed by atoms with Gasteiger partial charge in [-0.1, -0.05) is 0 Å². The van der Waals surface area contributed by atoms with Crippen molar-refractivity contribution in [2.45, 2.75) is 6.92 Å². The standard InChI is InChI=1S/C2H5NO2.K.H/c1-2(4)3-5;;/h5H,1H3,(H,3,4);;. The van der Waals surface area contributed by atoms with Gasteiger partial charge < -0.3 is 0 Å². The number of amides is 1. The molecule has 0 aliphatic rings. The van der Waals surface area contributed by atoms with Crippen molar-refractivity contribution < 1.29 is 10.0 Å². The average molecular weight is 115 g/mol. The number of nitrogens with one attached hydrogen (secondary N) is 1. The van der Waals surface area contributed by atoms with E-state index in [1.807, 2.05) is 0 Å². The first-order chi connectivity index (χ1) is 2.27. The van der Waals surface area contributed by atoms with Crippen LogP contribution in [0.2, 0.25) is 0 Å². The molecule has 0 radical (unpaired) electrons. The number of hydrogen-bond acceptors (Lipinski definition) is 2. The second kappa shape index (κ2) is 6.07. The first-order valence-electron chi connectivity index (χ1n) is 1.18. The zero-order chi connectivity index (χ0) is 4.28. The molecule has 0 atom stereocenters. The van der Waals surface area contributed by atoms with Crippen LogP contribution in [0.1, 0.15) is 6.92 Å². The Kier molecular flexibility index (Phi) is 10.2. The van der Waals surface area contributed by atoms with E-state index in [1.54, 1.807) is 0 Å². The van der Waals surface area contributed by atoms with Crippen molar-refractivity contribution in [2.24, 2.45) is 0 Å². The van der Waals surface area contributed by atoms with Crippen molar-refractivity contribution in [1.29, 1.82) is 0 Å². The summed E-state index contributed by atoms with van der Waals surface area (Å²) in [5.74, 6) is -0.440. The van der Waals surface area contributed by atoms with E-state index in [4.69, 9.17) is 5.21 Å². The van der Waals surface area contributed by atoms with Crippen LogP contribution in [0.4, 0.5) is 0 Å². The van der Waals surface area contributed by atoms with Gasteiger partial charge in [0.2, 0.25) is 5.91 Å². The van der Waals surface area contributed by atoms with Gasteiger partial charge in [-0.15, -0.1) is 0 Å². The molecule has 1 amide bonds. The van der Waals surface area contributed by atoms with E-state index in [1.165, 1.54) is 12.4 Å². The summed E-state index contributed by atoms with van der Waals surface area (Å²) in [5, 5.41) is 7.54. The Labute approximate surface area is 78.5 Å². The fraction of sp³-hybridized carbons (Fsp3) is 0.500. The third-order valence-electron chi connectivity index (χ3n) is 0.157. The molecule has 4 heteroatoms. The zero-order valence-electron chi connectivity index (χ0n) is 2.86. The SMILES string of the molecule is CC(=O)NO.[KH]. The van der Waals surface area contributed by atoms with Crippen LogP contribution in [0.25, 0.3) is 0 Å². The Hall–Kier alpha value is 1.07. The molecule has 0 aliphatic heterocycles. The van der Waals surface area contributed by atoms with Gasteiger partial charge in [0.25, 0.3) is 0 Å². The van der Waals surface area contributed by atoms with Crippen molar-refractivity contribution in [3.63, 3.8) is 0 Å². The predicted molar refractivity (Wildman–Crippen MR) is 22.8 cm³/mol. The molecule has 0 saturated heterocycles. The van der Waals surface area contributed by atoms with Gasteiger partial charge in [0.05, 0.1) is 0 Å². The van der Waals surface area contributed by atoms with Crippen LogP contribution in [-0.2, 0) is 4.79 Å². The molecule has 0 heterocycles. The zero-order valence-corrected chi connectivity index (χ0v) is 2.86. The fourth-order valence-corrected chi connectivity index (χ4v) is 0. The number of hydrogen-bond donors (Lipinski definition) is 2. The van der Waals surface area contributed by atoms with Crippen LogP contribution in [0.3, 0.4) is 0 Å². The van der Waals surface area contributed by atoms with Gasteiger partial charge in [-0.2, -0.15) is 0 Å². The van der Waals surface area contributed by atoms with Crippen molar-refractivity contribution in [3.05, 3.63) is 0 Å². The van der Waals surface area contributed by atoms with Crippen molar-refractivity contribution in [2.75, 3.05) is 0 Å². The Morgan fingerprint density at radius 1 is 1.83 bits per heavy atom. The molecule has 0 aromatic rings. The second-order valence-corrected chi connectivity index (χ2v) is 0.668. The van der Waals surface area contributed by atoms with Gasteiger partial charge in [0, 0.05) is 6.92 Å². The average Bonchev–Trinajstić information content (AvgIpc) is 1.38. The summed E-state index contributed by atoms with van der Waals surface area (Å²) in [5.41, 5.74) is 1.39. The maximum absolute atomic E-state index is 9.45. The first-order valence-corrected chi connectivity index (χ1v) is 1.18. The molecule has 0 aromatic heterocycles. The third kappa shape index (κ3) is 8.91. The molecule has 0 aromatic carbocycles. The van der Waals surface area contributed by atoms with E-state index in [9.17, 15) is 4.79 Å². The molecule has 32 valence electrons. The van der Waals surface area contributed by atoms with Crippen molar-refractivity contribution in [3.8, 4) is 0 Å². The Morgan fingerprint density at radius 2 is 2.00 bits per heavy atom. The van der Waals surface area contributed by atoms with E-state index >= 15 is 0 Å². The van der Waals surface area contributed by atoms with Gasteiger partial charge in [0.1, 0.15) is 0 Å². The van der Waals surface area contributed by atoms with E-state index in [2.05, 4.69) is 0 Å². The molecule has 0 rings (SSSR count). The second-order valence-electron chi connectivity index (χ2n) is 0.668. The summed E-state index contributed by atoms with van der Waals surface area (Å²) < 4.78 is 0. The van der Waals surface area contributed by atoms with Gasteiger partial charge in [-0.25, -0.2) is 5.48 Å². The summed E-state index contributed by atoms with van der Waals surface area (Å²) in [7, 11) is 0. The summed E-state index contributed by atoms with van der Waals surface area (Å²) in [6.45, 7) is 1.22. The van der Waals surface area contributed by atoms with Gasteiger partial charge in [0.15, 0.2) is 0 Å². The Balaban J connectivity index is 0. The van der Waals surface area contributed by atoms with E-state index < -0.39 is 5.91 Å².